The Morgan fingerprint density at radius 2 is 1.40 bits per heavy atom. The standard InChI is InChI=1S/C5H10O.C4H10/c1-3-4-5(2)6;1-3-4-2/h3-4H2,1-2H3;3-4H2,1-2H3. The van der Waals surface area contributed by atoms with Crippen molar-refractivity contribution in [3.8, 4) is 0 Å². The summed E-state index contributed by atoms with van der Waals surface area (Å²) in [5.74, 6) is 0.289. The summed E-state index contributed by atoms with van der Waals surface area (Å²) in [5.41, 5.74) is 0. The first-order chi connectivity index (χ1) is 4.68. The first-order valence-corrected chi connectivity index (χ1v) is 4.18. The van der Waals surface area contributed by atoms with Crippen LogP contribution in [0.25, 0.3) is 0 Å². The van der Waals surface area contributed by atoms with Gasteiger partial charge in [-0.15, -0.1) is 0 Å². The number of ketones is 1. The van der Waals surface area contributed by atoms with Crippen molar-refractivity contribution in [2.24, 2.45) is 0 Å². The number of Topliss-reactive ketones (excluding diaryl/α,β-unsaturated/α-hetero) is 1. The molecule has 0 atom stereocenters. The summed E-state index contributed by atoms with van der Waals surface area (Å²) in [6.45, 7) is 7.98. The normalized spacial score (nSPS) is 8.00. The predicted molar refractivity (Wildman–Crippen MR) is 46.2 cm³/mol. The lowest BCUT2D eigenvalue weighted by atomic mass is 10.3. The molecule has 0 aromatic rings. The van der Waals surface area contributed by atoms with Crippen LogP contribution < -0.4 is 0 Å². The quantitative estimate of drug-likeness (QED) is 0.594. The van der Waals surface area contributed by atoms with Gasteiger partial charge in [0.1, 0.15) is 5.78 Å². The molecule has 0 radical (unpaired) electrons. The molecule has 0 spiro atoms. The molecular weight excluding hydrogens is 124 g/mol. The third-order valence-electron chi connectivity index (χ3n) is 1.10. The summed E-state index contributed by atoms with van der Waals surface area (Å²) in [7, 11) is 0. The highest BCUT2D eigenvalue weighted by Crippen LogP contribution is 1.84. The summed E-state index contributed by atoms with van der Waals surface area (Å²) >= 11 is 0. The molecule has 0 fully saturated rings. The van der Waals surface area contributed by atoms with Gasteiger partial charge in [0, 0.05) is 6.42 Å². The Morgan fingerprint density at radius 3 is 1.40 bits per heavy atom. The maximum absolute atomic E-state index is 10.0. The third kappa shape index (κ3) is 25.3. The van der Waals surface area contributed by atoms with E-state index in [9.17, 15) is 4.79 Å². The van der Waals surface area contributed by atoms with E-state index in [0.717, 1.165) is 12.8 Å². The number of carbonyl (C=O) groups is 1. The number of unbranched alkanes of at least 4 members (excludes halogenated alkanes) is 1. The molecule has 0 aliphatic rings. The van der Waals surface area contributed by atoms with E-state index in [1.165, 1.54) is 12.8 Å². The van der Waals surface area contributed by atoms with E-state index in [0.29, 0.717) is 0 Å². The molecule has 0 heterocycles. The molecule has 0 amide bonds. The van der Waals surface area contributed by atoms with Gasteiger partial charge in [-0.1, -0.05) is 33.6 Å². The van der Waals surface area contributed by atoms with Crippen molar-refractivity contribution in [3.63, 3.8) is 0 Å². The van der Waals surface area contributed by atoms with E-state index in [2.05, 4.69) is 13.8 Å². The summed E-state index contributed by atoms with van der Waals surface area (Å²) < 4.78 is 0. The molecule has 0 rings (SSSR count). The lowest BCUT2D eigenvalue weighted by Gasteiger charge is -1.80. The van der Waals surface area contributed by atoms with Crippen LogP contribution in [0.4, 0.5) is 0 Å². The van der Waals surface area contributed by atoms with Crippen LogP contribution in [0.1, 0.15) is 53.4 Å². The van der Waals surface area contributed by atoms with Crippen molar-refractivity contribution < 1.29 is 4.79 Å². The molecule has 62 valence electrons. The number of hydrogen-bond donors (Lipinski definition) is 0. The molecule has 0 N–H and O–H groups in total. The van der Waals surface area contributed by atoms with Crippen molar-refractivity contribution >= 4 is 5.78 Å². The zero-order valence-corrected chi connectivity index (χ0v) is 7.74. The van der Waals surface area contributed by atoms with E-state index in [4.69, 9.17) is 0 Å². The fraction of sp³-hybridized carbons (Fsp3) is 0.889. The van der Waals surface area contributed by atoms with Crippen LogP contribution in [0, 0.1) is 0 Å². The predicted octanol–water partition coefficient (Wildman–Crippen LogP) is 3.18. The SMILES string of the molecule is CCCC.CCCC(C)=O. The Balaban J connectivity index is 0. The first kappa shape index (κ1) is 12.4. The molecule has 0 bridgehead atoms. The third-order valence-corrected chi connectivity index (χ3v) is 1.10. The molecule has 10 heavy (non-hydrogen) atoms. The van der Waals surface area contributed by atoms with Gasteiger partial charge in [0.15, 0.2) is 0 Å². The lowest BCUT2D eigenvalue weighted by Crippen LogP contribution is -1.84. The number of hydrogen-bond acceptors (Lipinski definition) is 1. The second kappa shape index (κ2) is 11.5. The van der Waals surface area contributed by atoms with Crippen LogP contribution in [0.3, 0.4) is 0 Å². The van der Waals surface area contributed by atoms with Gasteiger partial charge in [-0.3, -0.25) is 0 Å². The van der Waals surface area contributed by atoms with Crippen LogP contribution in [0.5, 0.6) is 0 Å². The monoisotopic (exact) mass is 144 g/mol. The Bertz CT molecular complexity index is 65.1. The first-order valence-electron chi connectivity index (χ1n) is 4.18. The molecular formula is C9H20O. The zero-order valence-electron chi connectivity index (χ0n) is 7.74. The van der Waals surface area contributed by atoms with Gasteiger partial charge in [0.2, 0.25) is 0 Å². The van der Waals surface area contributed by atoms with Gasteiger partial charge >= 0.3 is 0 Å². The zero-order chi connectivity index (χ0) is 8.41. The summed E-state index contributed by atoms with van der Waals surface area (Å²) in [6, 6.07) is 0. The number of carbonyl (C=O) groups excluding carboxylic acids is 1. The Hall–Kier alpha value is -0.330. The van der Waals surface area contributed by atoms with Crippen molar-refractivity contribution in [3.05, 3.63) is 0 Å². The average molecular weight is 144 g/mol. The Morgan fingerprint density at radius 1 is 1.00 bits per heavy atom. The van der Waals surface area contributed by atoms with Crippen LogP contribution in [-0.4, -0.2) is 5.78 Å². The highest BCUT2D eigenvalue weighted by molar-refractivity contribution is 5.75. The van der Waals surface area contributed by atoms with Gasteiger partial charge in [0.25, 0.3) is 0 Å². The van der Waals surface area contributed by atoms with Gasteiger partial charge in [-0.2, -0.15) is 0 Å². The van der Waals surface area contributed by atoms with Crippen LogP contribution >= 0.6 is 0 Å². The van der Waals surface area contributed by atoms with E-state index in [1.54, 1.807) is 6.92 Å². The maximum atomic E-state index is 10.0. The summed E-state index contributed by atoms with van der Waals surface area (Å²) in [5, 5.41) is 0. The maximum Gasteiger partial charge on any atom is 0.129 e. The van der Waals surface area contributed by atoms with Gasteiger partial charge in [-0.05, 0) is 13.3 Å². The van der Waals surface area contributed by atoms with Crippen molar-refractivity contribution in [2.45, 2.75) is 53.4 Å². The topological polar surface area (TPSA) is 17.1 Å². The van der Waals surface area contributed by atoms with E-state index >= 15 is 0 Å². The smallest absolute Gasteiger partial charge is 0.129 e. The average Bonchev–Trinajstić information content (AvgIpc) is 1.89. The van der Waals surface area contributed by atoms with Crippen molar-refractivity contribution in [1.29, 1.82) is 0 Å². The highest BCUT2D eigenvalue weighted by atomic mass is 16.1. The van der Waals surface area contributed by atoms with Gasteiger partial charge in [0.05, 0.1) is 0 Å². The summed E-state index contributed by atoms with van der Waals surface area (Å²) in [6.07, 6.45) is 4.36. The van der Waals surface area contributed by atoms with Crippen molar-refractivity contribution in [1.82, 2.24) is 0 Å². The van der Waals surface area contributed by atoms with Gasteiger partial charge in [-0.25, -0.2) is 0 Å². The lowest BCUT2D eigenvalue weighted by molar-refractivity contribution is -0.117. The van der Waals surface area contributed by atoms with Gasteiger partial charge < -0.3 is 4.79 Å². The molecule has 0 aliphatic carbocycles. The minimum atomic E-state index is 0.289. The molecule has 0 aromatic carbocycles. The number of rotatable bonds is 3. The Kier molecular flexibility index (Phi) is 14.2. The molecule has 0 saturated carbocycles. The molecule has 0 aromatic heterocycles. The molecule has 0 saturated heterocycles. The van der Waals surface area contributed by atoms with E-state index in [1.807, 2.05) is 6.92 Å². The van der Waals surface area contributed by atoms with Crippen LogP contribution in [0.15, 0.2) is 0 Å². The highest BCUT2D eigenvalue weighted by Gasteiger charge is 1.83. The Labute approximate surface area is 64.8 Å². The second-order valence-electron chi connectivity index (χ2n) is 2.45. The largest absolute Gasteiger partial charge is 0.300 e. The minimum Gasteiger partial charge on any atom is -0.300 e. The summed E-state index contributed by atoms with van der Waals surface area (Å²) in [4.78, 5) is 10.0. The van der Waals surface area contributed by atoms with Crippen LogP contribution in [-0.2, 0) is 4.79 Å². The van der Waals surface area contributed by atoms with E-state index < -0.39 is 0 Å². The van der Waals surface area contributed by atoms with Crippen LogP contribution in [0.2, 0.25) is 0 Å². The van der Waals surface area contributed by atoms with Crippen molar-refractivity contribution in [2.75, 3.05) is 0 Å². The minimum absolute atomic E-state index is 0.289. The molecule has 0 aliphatic heterocycles. The fourth-order valence-corrected chi connectivity index (χ4v) is 0.352. The second-order valence-corrected chi connectivity index (χ2v) is 2.45. The molecule has 0 unspecified atom stereocenters. The molecule has 1 heteroatoms. The van der Waals surface area contributed by atoms with E-state index in [-0.39, 0.29) is 5.78 Å². The fourth-order valence-electron chi connectivity index (χ4n) is 0.352. The molecule has 1 nitrogen and oxygen atoms in total.